The smallest absolute Gasteiger partial charge is 0.279 e. The minimum atomic E-state index is -0.195. The number of ether oxygens (including phenoxy) is 1. The summed E-state index contributed by atoms with van der Waals surface area (Å²) >= 11 is 1.55. The van der Waals surface area contributed by atoms with Crippen molar-refractivity contribution in [1.82, 2.24) is 4.57 Å². The first kappa shape index (κ1) is 18.4. The van der Waals surface area contributed by atoms with Crippen LogP contribution in [-0.2, 0) is 6.54 Å². The maximum Gasteiger partial charge on any atom is 0.279 e. The number of hydrogen-bond acceptors (Lipinski definition) is 3. The number of fused-ring (bicyclic) bond motifs is 1. The van der Waals surface area contributed by atoms with E-state index in [4.69, 9.17) is 4.74 Å². The summed E-state index contributed by atoms with van der Waals surface area (Å²) in [7, 11) is 1.68. The van der Waals surface area contributed by atoms with E-state index in [1.54, 1.807) is 18.4 Å². The topological polar surface area (TPSA) is 43.6 Å². The lowest BCUT2D eigenvalue weighted by Gasteiger charge is -2.08. The molecule has 0 spiro atoms. The number of aromatic nitrogens is 1. The largest absolute Gasteiger partial charge is 0.495 e. The molecule has 0 unspecified atom stereocenters. The highest BCUT2D eigenvalue weighted by Gasteiger charge is 2.15. The second-order valence-electron chi connectivity index (χ2n) is 6.53. The third-order valence-corrected chi connectivity index (χ3v) is 5.69. The van der Waals surface area contributed by atoms with Crippen LogP contribution in [0.1, 0.15) is 40.4 Å². The number of aryl methyl sites for hydroxylation is 4. The maximum absolute atomic E-state index is 12.9. The second kappa shape index (κ2) is 7.46. The first-order valence-corrected chi connectivity index (χ1v) is 9.61. The molecule has 4 nitrogen and oxygen atoms in total. The molecule has 0 saturated heterocycles. The molecule has 5 heteroatoms. The van der Waals surface area contributed by atoms with Crippen LogP contribution in [0.2, 0.25) is 0 Å². The summed E-state index contributed by atoms with van der Waals surface area (Å²) in [6.45, 7) is 8.92. The summed E-state index contributed by atoms with van der Waals surface area (Å²) in [5.41, 5.74) is 4.85. The molecule has 0 radical (unpaired) electrons. The highest BCUT2D eigenvalue weighted by atomic mass is 32.1. The van der Waals surface area contributed by atoms with Crippen LogP contribution in [0.5, 0.6) is 5.75 Å². The number of nitrogens with zero attached hydrogens (tertiary/aromatic N) is 2. The van der Waals surface area contributed by atoms with Crippen LogP contribution in [0.15, 0.2) is 35.3 Å². The zero-order valence-corrected chi connectivity index (χ0v) is 16.7. The Balaban J connectivity index is 2.25. The summed E-state index contributed by atoms with van der Waals surface area (Å²) in [5, 5.41) is 0. The van der Waals surface area contributed by atoms with E-state index < -0.39 is 0 Å². The van der Waals surface area contributed by atoms with E-state index in [9.17, 15) is 4.79 Å². The highest BCUT2D eigenvalue weighted by molar-refractivity contribution is 7.16. The van der Waals surface area contributed by atoms with E-state index in [2.05, 4.69) is 23.4 Å². The van der Waals surface area contributed by atoms with Gasteiger partial charge >= 0.3 is 0 Å². The van der Waals surface area contributed by atoms with Crippen LogP contribution in [0.4, 0.5) is 0 Å². The number of carbonyl (C=O) groups excluding carboxylic acids is 1. The predicted molar refractivity (Wildman–Crippen MR) is 107 cm³/mol. The van der Waals surface area contributed by atoms with Crippen molar-refractivity contribution in [3.63, 3.8) is 0 Å². The van der Waals surface area contributed by atoms with Crippen molar-refractivity contribution < 1.29 is 9.53 Å². The van der Waals surface area contributed by atoms with Gasteiger partial charge in [-0.2, -0.15) is 4.99 Å². The van der Waals surface area contributed by atoms with Gasteiger partial charge in [0.25, 0.3) is 5.91 Å². The Bertz CT molecular complexity index is 1040. The minimum absolute atomic E-state index is 0.195. The van der Waals surface area contributed by atoms with Crippen molar-refractivity contribution in [3.05, 3.63) is 57.4 Å². The van der Waals surface area contributed by atoms with Gasteiger partial charge in [-0.05, 0) is 50.5 Å². The van der Waals surface area contributed by atoms with E-state index in [-0.39, 0.29) is 5.91 Å². The average Bonchev–Trinajstić information content (AvgIpc) is 2.97. The van der Waals surface area contributed by atoms with Crippen LogP contribution in [-0.4, -0.2) is 17.6 Å². The Labute approximate surface area is 157 Å². The van der Waals surface area contributed by atoms with E-state index in [1.165, 1.54) is 0 Å². The van der Waals surface area contributed by atoms with Gasteiger partial charge in [0.1, 0.15) is 11.3 Å². The fourth-order valence-electron chi connectivity index (χ4n) is 3.07. The predicted octanol–water partition coefficient (Wildman–Crippen LogP) is 4.79. The van der Waals surface area contributed by atoms with Gasteiger partial charge in [-0.3, -0.25) is 4.79 Å². The van der Waals surface area contributed by atoms with Crippen LogP contribution in [0, 0.1) is 20.8 Å². The van der Waals surface area contributed by atoms with E-state index in [0.717, 1.165) is 50.4 Å². The Morgan fingerprint density at radius 1 is 1.15 bits per heavy atom. The number of benzene rings is 2. The summed E-state index contributed by atoms with van der Waals surface area (Å²) in [4.78, 5) is 18.1. The number of thiazole rings is 1. The zero-order valence-electron chi connectivity index (χ0n) is 15.9. The van der Waals surface area contributed by atoms with E-state index in [0.29, 0.717) is 5.56 Å². The molecule has 1 amide bonds. The Morgan fingerprint density at radius 2 is 1.88 bits per heavy atom. The van der Waals surface area contributed by atoms with Gasteiger partial charge in [0.2, 0.25) is 0 Å². The number of rotatable bonds is 4. The molecule has 0 bridgehead atoms. The molecule has 2 aromatic carbocycles. The van der Waals surface area contributed by atoms with Gasteiger partial charge in [0, 0.05) is 12.1 Å². The van der Waals surface area contributed by atoms with Crippen molar-refractivity contribution in [2.24, 2.45) is 4.99 Å². The van der Waals surface area contributed by atoms with Crippen molar-refractivity contribution in [3.8, 4) is 5.75 Å². The van der Waals surface area contributed by atoms with Gasteiger partial charge in [0.15, 0.2) is 4.80 Å². The van der Waals surface area contributed by atoms with Crippen LogP contribution in [0.25, 0.3) is 10.2 Å². The minimum Gasteiger partial charge on any atom is -0.495 e. The number of methoxy groups -OCH3 is 1. The van der Waals surface area contributed by atoms with Crippen molar-refractivity contribution in [1.29, 1.82) is 0 Å². The van der Waals surface area contributed by atoms with Crippen molar-refractivity contribution in [2.75, 3.05) is 7.11 Å². The van der Waals surface area contributed by atoms with E-state index >= 15 is 0 Å². The van der Waals surface area contributed by atoms with Gasteiger partial charge in [-0.25, -0.2) is 0 Å². The summed E-state index contributed by atoms with van der Waals surface area (Å²) in [6, 6.07) is 9.91. The standard InChI is InChI=1S/C21H24N2O2S/c1-6-11-23-18-17(25-5)10-9-15(4)19(18)26-21(23)22-20(24)16-12-13(2)7-8-14(16)3/h7-10,12H,6,11H2,1-5H3. The monoisotopic (exact) mass is 368 g/mol. The zero-order chi connectivity index (χ0) is 18.8. The fourth-order valence-corrected chi connectivity index (χ4v) is 4.21. The van der Waals surface area contributed by atoms with E-state index in [1.807, 2.05) is 44.2 Å². The van der Waals surface area contributed by atoms with Gasteiger partial charge in [0.05, 0.1) is 11.8 Å². The summed E-state index contributed by atoms with van der Waals surface area (Å²) < 4.78 is 8.79. The number of amides is 1. The van der Waals surface area contributed by atoms with Crippen molar-refractivity contribution in [2.45, 2.75) is 40.7 Å². The molecule has 0 fully saturated rings. The molecular weight excluding hydrogens is 344 g/mol. The summed E-state index contributed by atoms with van der Waals surface area (Å²) in [6.07, 6.45) is 0.952. The SMILES string of the molecule is CCCn1c(=NC(=O)c2cc(C)ccc2C)sc2c(C)ccc(OC)c21. The molecule has 0 aliphatic carbocycles. The number of carbonyl (C=O) groups is 1. The molecule has 136 valence electrons. The van der Waals surface area contributed by atoms with Crippen LogP contribution < -0.4 is 9.54 Å². The molecule has 3 rings (SSSR count). The molecule has 3 aromatic rings. The Hall–Kier alpha value is -2.40. The first-order valence-electron chi connectivity index (χ1n) is 8.79. The van der Waals surface area contributed by atoms with Gasteiger partial charge < -0.3 is 9.30 Å². The van der Waals surface area contributed by atoms with Crippen LogP contribution >= 0.6 is 11.3 Å². The summed E-state index contributed by atoms with van der Waals surface area (Å²) in [5.74, 6) is 0.621. The first-order chi connectivity index (χ1) is 12.5. The highest BCUT2D eigenvalue weighted by Crippen LogP contribution is 2.30. The lowest BCUT2D eigenvalue weighted by molar-refractivity contribution is 0.0997. The Morgan fingerprint density at radius 3 is 2.58 bits per heavy atom. The molecule has 26 heavy (non-hydrogen) atoms. The Kier molecular flexibility index (Phi) is 5.28. The lowest BCUT2D eigenvalue weighted by Crippen LogP contribution is -2.17. The molecule has 1 aromatic heterocycles. The maximum atomic E-state index is 12.9. The molecule has 1 heterocycles. The molecule has 0 N–H and O–H groups in total. The molecule has 0 aliphatic heterocycles. The van der Waals surface area contributed by atoms with Gasteiger partial charge in [-0.15, -0.1) is 0 Å². The molecule has 0 atom stereocenters. The van der Waals surface area contributed by atoms with Crippen molar-refractivity contribution >= 4 is 27.5 Å². The normalized spacial score (nSPS) is 12.0. The third kappa shape index (κ3) is 3.31. The number of hydrogen-bond donors (Lipinski definition) is 0. The average molecular weight is 369 g/mol. The second-order valence-corrected chi connectivity index (χ2v) is 7.51. The molecular formula is C21H24N2O2S. The van der Waals surface area contributed by atoms with Crippen LogP contribution in [0.3, 0.4) is 0 Å². The quantitative estimate of drug-likeness (QED) is 0.665. The van der Waals surface area contributed by atoms with Gasteiger partial charge in [-0.1, -0.05) is 42.0 Å². The molecule has 0 aliphatic rings. The lowest BCUT2D eigenvalue weighted by atomic mass is 10.1. The third-order valence-electron chi connectivity index (χ3n) is 4.47. The molecule has 0 saturated carbocycles. The fraction of sp³-hybridized carbons (Fsp3) is 0.333.